The van der Waals surface area contributed by atoms with Crippen molar-refractivity contribution in [2.45, 2.75) is 38.1 Å². The smallest absolute Gasteiger partial charge is 0.335 e. The molecule has 28 heavy (non-hydrogen) atoms. The molecule has 2 aliphatic rings. The van der Waals surface area contributed by atoms with Crippen molar-refractivity contribution in [3.8, 4) is 0 Å². The third-order valence-corrected chi connectivity index (χ3v) is 5.79. The number of hydrogen-bond donors (Lipinski definition) is 1. The molecule has 4 rings (SSSR count). The number of furan rings is 1. The van der Waals surface area contributed by atoms with Crippen molar-refractivity contribution in [1.82, 2.24) is 9.80 Å². The largest absolute Gasteiger partial charge is 0.478 e. The fourth-order valence-electron chi connectivity index (χ4n) is 4.23. The van der Waals surface area contributed by atoms with Gasteiger partial charge in [-0.05, 0) is 68.6 Å². The van der Waals surface area contributed by atoms with E-state index in [1.54, 1.807) is 18.2 Å². The van der Waals surface area contributed by atoms with Crippen molar-refractivity contribution in [2.24, 2.45) is 0 Å². The Labute approximate surface area is 164 Å². The Bertz CT molecular complexity index is 836. The number of aromatic carboxylic acids is 1. The van der Waals surface area contributed by atoms with Crippen molar-refractivity contribution < 1.29 is 19.1 Å². The molecule has 2 fully saturated rings. The van der Waals surface area contributed by atoms with Crippen molar-refractivity contribution in [3.63, 3.8) is 0 Å². The van der Waals surface area contributed by atoms with Gasteiger partial charge < -0.3 is 14.4 Å². The lowest BCUT2D eigenvalue weighted by atomic mass is 9.90. The number of carboxylic acids is 1. The van der Waals surface area contributed by atoms with Gasteiger partial charge in [-0.1, -0.05) is 12.1 Å². The van der Waals surface area contributed by atoms with Gasteiger partial charge >= 0.3 is 5.97 Å². The Balaban J connectivity index is 1.40. The van der Waals surface area contributed by atoms with Crippen LogP contribution in [0.3, 0.4) is 0 Å². The summed E-state index contributed by atoms with van der Waals surface area (Å²) in [6, 6.07) is 10.7. The van der Waals surface area contributed by atoms with E-state index in [0.29, 0.717) is 12.3 Å². The number of piperidine rings is 1. The molecule has 0 radical (unpaired) electrons. The van der Waals surface area contributed by atoms with Crippen LogP contribution in [0.15, 0.2) is 40.8 Å². The first-order chi connectivity index (χ1) is 13.6. The molecule has 0 spiro atoms. The molecule has 1 N–H and O–H groups in total. The second-order valence-electron chi connectivity index (χ2n) is 7.77. The van der Waals surface area contributed by atoms with E-state index in [1.165, 1.54) is 12.8 Å². The van der Waals surface area contributed by atoms with Gasteiger partial charge in [0, 0.05) is 19.0 Å². The van der Waals surface area contributed by atoms with Gasteiger partial charge in [-0.2, -0.15) is 0 Å². The second-order valence-corrected chi connectivity index (χ2v) is 7.77. The van der Waals surface area contributed by atoms with Gasteiger partial charge in [0.25, 0.3) is 5.91 Å². The number of likely N-dealkylation sites (tertiary alicyclic amines) is 2. The summed E-state index contributed by atoms with van der Waals surface area (Å²) in [6.45, 7) is 4.32. The zero-order valence-corrected chi connectivity index (χ0v) is 16.0. The molecule has 2 saturated heterocycles. The van der Waals surface area contributed by atoms with Gasteiger partial charge in [0.1, 0.15) is 5.76 Å². The number of carbonyl (C=O) groups is 2. The Hall–Kier alpha value is -2.60. The summed E-state index contributed by atoms with van der Waals surface area (Å²) in [7, 11) is 0. The maximum Gasteiger partial charge on any atom is 0.335 e. The molecule has 0 saturated carbocycles. The third-order valence-electron chi connectivity index (χ3n) is 5.79. The van der Waals surface area contributed by atoms with Crippen LogP contribution in [0.2, 0.25) is 0 Å². The molecule has 148 valence electrons. The standard InChI is InChI=1S/C22H26N2O4/c25-21(20-10-9-19(28-20)15-23-11-1-2-12-23)24-13-3-4-18(14-24)16-5-7-17(8-6-16)22(26)27/h5-10,18H,1-4,11-15H2,(H,26,27)/t18-/m0/s1. The molecule has 3 heterocycles. The molecule has 6 heteroatoms. The molecular weight excluding hydrogens is 356 g/mol. The normalized spacial score (nSPS) is 20.4. The Morgan fingerprint density at radius 3 is 2.46 bits per heavy atom. The Kier molecular flexibility index (Phi) is 5.48. The molecule has 1 atom stereocenters. The number of carbonyl (C=O) groups excluding carboxylic acids is 1. The molecule has 0 bridgehead atoms. The van der Waals surface area contributed by atoms with E-state index in [1.807, 2.05) is 23.1 Å². The van der Waals surface area contributed by atoms with E-state index < -0.39 is 5.97 Å². The van der Waals surface area contributed by atoms with E-state index in [-0.39, 0.29) is 17.4 Å². The van der Waals surface area contributed by atoms with Gasteiger partial charge in [-0.15, -0.1) is 0 Å². The number of hydrogen-bond acceptors (Lipinski definition) is 4. The average Bonchev–Trinajstić information content (AvgIpc) is 3.40. The van der Waals surface area contributed by atoms with Gasteiger partial charge in [0.05, 0.1) is 12.1 Å². The lowest BCUT2D eigenvalue weighted by Gasteiger charge is -2.32. The highest BCUT2D eigenvalue weighted by Gasteiger charge is 2.27. The van der Waals surface area contributed by atoms with Crippen LogP contribution in [0.4, 0.5) is 0 Å². The molecule has 2 aliphatic heterocycles. The van der Waals surface area contributed by atoms with Crippen molar-refractivity contribution >= 4 is 11.9 Å². The van der Waals surface area contributed by atoms with Gasteiger partial charge in [-0.25, -0.2) is 4.79 Å². The van der Waals surface area contributed by atoms with Crippen LogP contribution in [0.5, 0.6) is 0 Å². The first kappa shape index (κ1) is 18.7. The quantitative estimate of drug-likeness (QED) is 0.855. The van der Waals surface area contributed by atoms with Crippen LogP contribution >= 0.6 is 0 Å². The molecule has 6 nitrogen and oxygen atoms in total. The molecule has 1 aromatic heterocycles. The maximum atomic E-state index is 12.9. The molecule has 2 aromatic rings. The minimum Gasteiger partial charge on any atom is -0.478 e. The van der Waals surface area contributed by atoms with Gasteiger partial charge in [-0.3, -0.25) is 9.69 Å². The summed E-state index contributed by atoms with van der Waals surface area (Å²) in [5.41, 5.74) is 1.37. The molecule has 0 unspecified atom stereocenters. The lowest BCUT2D eigenvalue weighted by Crippen LogP contribution is -2.39. The van der Waals surface area contributed by atoms with Crippen LogP contribution in [-0.4, -0.2) is 53.0 Å². The number of rotatable bonds is 5. The molecule has 1 amide bonds. The predicted molar refractivity (Wildman–Crippen MR) is 104 cm³/mol. The fraction of sp³-hybridized carbons (Fsp3) is 0.455. The zero-order chi connectivity index (χ0) is 19.5. The van der Waals surface area contributed by atoms with E-state index in [4.69, 9.17) is 9.52 Å². The van der Waals surface area contributed by atoms with Crippen molar-refractivity contribution in [2.75, 3.05) is 26.2 Å². The van der Waals surface area contributed by atoms with E-state index in [2.05, 4.69) is 4.90 Å². The predicted octanol–water partition coefficient (Wildman–Crippen LogP) is 3.59. The highest BCUT2D eigenvalue weighted by molar-refractivity contribution is 5.91. The van der Waals surface area contributed by atoms with Crippen LogP contribution in [0.1, 0.15) is 63.8 Å². The maximum absolute atomic E-state index is 12.9. The molecule has 0 aliphatic carbocycles. The third kappa shape index (κ3) is 4.12. The Morgan fingerprint density at radius 1 is 1.00 bits per heavy atom. The SMILES string of the molecule is O=C(O)c1ccc([C@H]2CCCN(C(=O)c3ccc(CN4CCCC4)o3)C2)cc1. The molecular formula is C22H26N2O4. The van der Waals surface area contributed by atoms with E-state index >= 15 is 0 Å². The van der Waals surface area contributed by atoms with Gasteiger partial charge in [0.2, 0.25) is 0 Å². The number of nitrogens with zero attached hydrogens (tertiary/aromatic N) is 2. The Morgan fingerprint density at radius 2 is 1.75 bits per heavy atom. The molecule has 1 aromatic carbocycles. The van der Waals surface area contributed by atoms with Crippen LogP contribution < -0.4 is 0 Å². The number of carboxylic acid groups (broad SMARTS) is 1. The summed E-state index contributed by atoms with van der Waals surface area (Å²) in [4.78, 5) is 28.2. The first-order valence-electron chi connectivity index (χ1n) is 10.0. The second kappa shape index (κ2) is 8.19. The van der Waals surface area contributed by atoms with Gasteiger partial charge in [0.15, 0.2) is 5.76 Å². The van der Waals surface area contributed by atoms with E-state index in [0.717, 1.165) is 50.3 Å². The summed E-state index contributed by atoms with van der Waals surface area (Å²) < 4.78 is 5.85. The summed E-state index contributed by atoms with van der Waals surface area (Å²) in [5.74, 6) is 0.507. The summed E-state index contributed by atoms with van der Waals surface area (Å²) >= 11 is 0. The van der Waals surface area contributed by atoms with Crippen LogP contribution in [0, 0.1) is 0 Å². The minimum absolute atomic E-state index is 0.0560. The monoisotopic (exact) mass is 382 g/mol. The average molecular weight is 382 g/mol. The number of amides is 1. The van der Waals surface area contributed by atoms with Crippen LogP contribution in [-0.2, 0) is 6.54 Å². The first-order valence-corrected chi connectivity index (χ1v) is 10.0. The summed E-state index contributed by atoms with van der Waals surface area (Å²) in [6.07, 6.45) is 4.39. The highest BCUT2D eigenvalue weighted by atomic mass is 16.4. The fourth-order valence-corrected chi connectivity index (χ4v) is 4.23. The minimum atomic E-state index is -0.922. The zero-order valence-electron chi connectivity index (χ0n) is 16.0. The van der Waals surface area contributed by atoms with E-state index in [9.17, 15) is 9.59 Å². The topological polar surface area (TPSA) is 74.0 Å². The number of benzene rings is 1. The summed E-state index contributed by atoms with van der Waals surface area (Å²) in [5, 5.41) is 9.05. The van der Waals surface area contributed by atoms with Crippen molar-refractivity contribution in [1.29, 1.82) is 0 Å². The highest BCUT2D eigenvalue weighted by Crippen LogP contribution is 2.28. The van der Waals surface area contributed by atoms with Crippen molar-refractivity contribution in [3.05, 3.63) is 59.0 Å². The van der Waals surface area contributed by atoms with Crippen LogP contribution in [0.25, 0.3) is 0 Å². The lowest BCUT2D eigenvalue weighted by molar-refractivity contribution is 0.0670.